The van der Waals surface area contributed by atoms with E-state index in [-0.39, 0.29) is 41.8 Å². The van der Waals surface area contributed by atoms with Gasteiger partial charge in [0.2, 0.25) is 0 Å². The van der Waals surface area contributed by atoms with E-state index in [1.54, 1.807) is 24.4 Å². The number of allylic oxidation sites excluding steroid dienone is 1. The van der Waals surface area contributed by atoms with Crippen molar-refractivity contribution < 1.29 is 27.8 Å². The van der Waals surface area contributed by atoms with Gasteiger partial charge in [0, 0.05) is 17.7 Å². The molecule has 1 aliphatic heterocycles. The Balaban J connectivity index is 1.39. The second-order valence-electron chi connectivity index (χ2n) is 9.87. The van der Waals surface area contributed by atoms with E-state index < -0.39 is 11.7 Å². The zero-order chi connectivity index (χ0) is 24.0. The van der Waals surface area contributed by atoms with Gasteiger partial charge in [0.1, 0.15) is 6.10 Å². The molecule has 0 radical (unpaired) electrons. The molecule has 7 heteroatoms. The van der Waals surface area contributed by atoms with Crippen LogP contribution in [0.2, 0.25) is 0 Å². The van der Waals surface area contributed by atoms with Crippen molar-refractivity contribution in [2.45, 2.75) is 51.0 Å². The predicted molar refractivity (Wildman–Crippen MR) is 121 cm³/mol. The molecular formula is C27H28F3NO3. The van der Waals surface area contributed by atoms with Crippen molar-refractivity contribution >= 4 is 12.0 Å². The number of aliphatic hydroxyl groups is 1. The van der Waals surface area contributed by atoms with Crippen molar-refractivity contribution in [1.82, 2.24) is 4.98 Å². The van der Waals surface area contributed by atoms with E-state index in [1.165, 1.54) is 6.07 Å². The van der Waals surface area contributed by atoms with E-state index in [0.29, 0.717) is 29.2 Å². The van der Waals surface area contributed by atoms with Crippen molar-refractivity contribution in [3.05, 3.63) is 59.9 Å². The molecule has 2 heterocycles. The maximum absolute atomic E-state index is 13.0. The summed E-state index contributed by atoms with van der Waals surface area (Å²) in [4.78, 5) is 16.9. The summed E-state index contributed by atoms with van der Waals surface area (Å²) in [6, 6.07) is 8.77. The molecule has 3 aliphatic rings. The summed E-state index contributed by atoms with van der Waals surface area (Å²) in [5.74, 6) is 0.233. The van der Waals surface area contributed by atoms with E-state index >= 15 is 0 Å². The molecule has 1 saturated heterocycles. The lowest BCUT2D eigenvalue weighted by molar-refractivity contribution is -0.145. The van der Waals surface area contributed by atoms with E-state index in [4.69, 9.17) is 4.74 Å². The number of benzene rings is 1. The van der Waals surface area contributed by atoms with Gasteiger partial charge in [-0.3, -0.25) is 9.78 Å². The van der Waals surface area contributed by atoms with Gasteiger partial charge in [-0.25, -0.2) is 0 Å². The number of hydrogen-bond donors (Lipinski definition) is 1. The number of ether oxygens (including phenoxy) is 1. The number of alkyl halides is 3. The van der Waals surface area contributed by atoms with Crippen LogP contribution in [0.25, 0.3) is 17.2 Å². The van der Waals surface area contributed by atoms with Gasteiger partial charge in [0.05, 0.1) is 23.3 Å². The van der Waals surface area contributed by atoms with Crippen LogP contribution in [0.1, 0.15) is 43.9 Å². The molecule has 34 heavy (non-hydrogen) atoms. The smallest absolute Gasteiger partial charge is 0.416 e. The van der Waals surface area contributed by atoms with Crippen molar-refractivity contribution in [3.8, 4) is 11.1 Å². The van der Waals surface area contributed by atoms with Crippen LogP contribution in [0.15, 0.2) is 48.7 Å². The Labute approximate surface area is 196 Å². The molecule has 0 bridgehead atoms. The molecule has 7 atom stereocenters. The number of rotatable bonds is 3. The average molecular weight is 472 g/mol. The van der Waals surface area contributed by atoms with Crippen molar-refractivity contribution in [3.63, 3.8) is 0 Å². The predicted octanol–water partition coefficient (Wildman–Crippen LogP) is 5.76. The molecule has 5 rings (SSSR count). The van der Waals surface area contributed by atoms with Crippen LogP contribution in [-0.2, 0) is 15.7 Å². The van der Waals surface area contributed by atoms with E-state index in [0.717, 1.165) is 31.4 Å². The molecule has 180 valence electrons. The highest BCUT2D eigenvalue weighted by Crippen LogP contribution is 2.53. The van der Waals surface area contributed by atoms with Crippen LogP contribution in [0.4, 0.5) is 13.2 Å². The summed E-state index contributed by atoms with van der Waals surface area (Å²) >= 11 is 0. The van der Waals surface area contributed by atoms with Gasteiger partial charge in [-0.2, -0.15) is 13.2 Å². The molecule has 2 saturated carbocycles. The minimum absolute atomic E-state index is 0.0830. The normalized spacial score (nSPS) is 33.4. The quantitative estimate of drug-likeness (QED) is 0.579. The maximum atomic E-state index is 13.0. The van der Waals surface area contributed by atoms with Gasteiger partial charge < -0.3 is 9.84 Å². The van der Waals surface area contributed by atoms with E-state index in [9.17, 15) is 23.1 Å². The molecule has 4 nitrogen and oxygen atoms in total. The Morgan fingerprint density at radius 2 is 1.94 bits per heavy atom. The first kappa shape index (κ1) is 23.1. The lowest BCUT2D eigenvalue weighted by atomic mass is 9.56. The molecule has 5 unspecified atom stereocenters. The number of aromatic nitrogens is 1. The number of cyclic esters (lactones) is 1. The number of nitrogens with zero attached hydrogens (tertiary/aromatic N) is 1. The standard InChI is InChI=1S/C27H28F3NO3/c1-15-25-21(20-6-3-7-24(32)22(20)13-23(25)26(33)34-15)11-10-19-9-8-17(14-31-19)16-4-2-5-18(12-16)27(28,29)30/h2,4-5,8-12,14-15,20-25,32H,3,6-7,13H2,1H3/t15-,20?,21+,22?,23?,24?,25?/m1/s1. The Hall–Kier alpha value is -2.67. The number of hydrogen-bond acceptors (Lipinski definition) is 4. The Morgan fingerprint density at radius 3 is 2.68 bits per heavy atom. The van der Waals surface area contributed by atoms with E-state index in [1.807, 2.05) is 13.0 Å². The third-order valence-corrected chi connectivity index (χ3v) is 7.96. The lowest BCUT2D eigenvalue weighted by Crippen LogP contribution is -2.47. The second kappa shape index (κ2) is 8.84. The Kier molecular flexibility index (Phi) is 6.00. The number of carbonyl (C=O) groups excluding carboxylic acids is 1. The fourth-order valence-corrected chi connectivity index (χ4v) is 6.36. The number of fused-ring (bicyclic) bond motifs is 2. The summed E-state index contributed by atoms with van der Waals surface area (Å²) in [7, 11) is 0. The monoisotopic (exact) mass is 471 g/mol. The highest BCUT2D eigenvalue weighted by atomic mass is 19.4. The van der Waals surface area contributed by atoms with Gasteiger partial charge >= 0.3 is 12.1 Å². The SMILES string of the molecule is C[C@H]1OC(=O)C2CC3C(O)CCCC3[C@H](C=Cc3ccc(-c4cccc(C(F)(F)F)c4)cn3)C21. The maximum Gasteiger partial charge on any atom is 0.416 e. The first-order valence-corrected chi connectivity index (χ1v) is 11.9. The molecule has 2 aromatic rings. The number of aliphatic hydroxyl groups excluding tert-OH is 1. The molecule has 1 N–H and O–H groups in total. The summed E-state index contributed by atoms with van der Waals surface area (Å²) in [6.07, 6.45) is 4.13. The molecule has 2 aliphatic carbocycles. The van der Waals surface area contributed by atoms with E-state index in [2.05, 4.69) is 11.1 Å². The fourth-order valence-electron chi connectivity index (χ4n) is 6.36. The number of carbonyl (C=O) groups is 1. The zero-order valence-electron chi connectivity index (χ0n) is 18.9. The van der Waals surface area contributed by atoms with Crippen LogP contribution < -0.4 is 0 Å². The van der Waals surface area contributed by atoms with Crippen LogP contribution in [0.3, 0.4) is 0 Å². The van der Waals surface area contributed by atoms with Gasteiger partial charge in [0.15, 0.2) is 0 Å². The third kappa shape index (κ3) is 4.26. The first-order chi connectivity index (χ1) is 16.2. The number of halogens is 3. The molecule has 0 amide bonds. The third-order valence-electron chi connectivity index (χ3n) is 7.96. The largest absolute Gasteiger partial charge is 0.462 e. The molecule has 1 aromatic heterocycles. The van der Waals surface area contributed by atoms with Gasteiger partial charge in [-0.05, 0) is 73.8 Å². The van der Waals surface area contributed by atoms with Crippen LogP contribution in [0.5, 0.6) is 0 Å². The second-order valence-corrected chi connectivity index (χ2v) is 9.87. The topological polar surface area (TPSA) is 59.4 Å². The highest BCUT2D eigenvalue weighted by molar-refractivity contribution is 5.75. The minimum Gasteiger partial charge on any atom is -0.462 e. The van der Waals surface area contributed by atoms with Gasteiger partial charge in [-0.1, -0.05) is 30.7 Å². The molecule has 1 aromatic carbocycles. The van der Waals surface area contributed by atoms with Crippen molar-refractivity contribution in [1.29, 1.82) is 0 Å². The van der Waals surface area contributed by atoms with Gasteiger partial charge in [0.25, 0.3) is 0 Å². The Bertz CT molecular complexity index is 1080. The van der Waals surface area contributed by atoms with Gasteiger partial charge in [-0.15, -0.1) is 0 Å². The summed E-state index contributed by atoms with van der Waals surface area (Å²) in [5, 5.41) is 10.6. The number of pyridine rings is 1. The molecule has 3 fully saturated rings. The zero-order valence-corrected chi connectivity index (χ0v) is 18.9. The lowest BCUT2D eigenvalue weighted by Gasteiger charge is -2.47. The molecule has 0 spiro atoms. The summed E-state index contributed by atoms with van der Waals surface area (Å²) in [5.41, 5.74) is 1.08. The number of esters is 1. The summed E-state index contributed by atoms with van der Waals surface area (Å²) < 4.78 is 44.7. The average Bonchev–Trinajstić information content (AvgIpc) is 3.10. The molecular weight excluding hydrogens is 443 g/mol. The first-order valence-electron chi connectivity index (χ1n) is 11.9. The van der Waals surface area contributed by atoms with Crippen LogP contribution in [0, 0.1) is 29.6 Å². The highest BCUT2D eigenvalue weighted by Gasteiger charge is 2.55. The fraction of sp³-hybridized carbons (Fsp3) is 0.481. The summed E-state index contributed by atoms with van der Waals surface area (Å²) in [6.45, 7) is 1.95. The van der Waals surface area contributed by atoms with Crippen molar-refractivity contribution in [2.75, 3.05) is 0 Å². The van der Waals surface area contributed by atoms with Crippen LogP contribution >= 0.6 is 0 Å². The van der Waals surface area contributed by atoms with Crippen LogP contribution in [-0.4, -0.2) is 28.3 Å². The Morgan fingerprint density at radius 1 is 1.12 bits per heavy atom. The minimum atomic E-state index is -4.39. The van der Waals surface area contributed by atoms with Crippen molar-refractivity contribution in [2.24, 2.45) is 29.6 Å².